The van der Waals surface area contributed by atoms with Gasteiger partial charge in [0.1, 0.15) is 0 Å². The third-order valence-electron chi connectivity index (χ3n) is 4.04. The molecule has 0 N–H and O–H groups in total. The van der Waals surface area contributed by atoms with Crippen molar-refractivity contribution in [1.82, 2.24) is 14.9 Å². The second-order valence-electron chi connectivity index (χ2n) is 5.94. The van der Waals surface area contributed by atoms with Gasteiger partial charge in [0.2, 0.25) is 0 Å². The van der Waals surface area contributed by atoms with Crippen LogP contribution in [0.3, 0.4) is 0 Å². The second kappa shape index (κ2) is 8.87. The first-order chi connectivity index (χ1) is 12.8. The van der Waals surface area contributed by atoms with Crippen LogP contribution in [-0.2, 0) is 24.4 Å². The van der Waals surface area contributed by atoms with E-state index in [0.717, 1.165) is 17.0 Å². The zero-order chi connectivity index (χ0) is 18.2. The van der Waals surface area contributed by atoms with Crippen LogP contribution < -0.4 is 0 Å². The quantitative estimate of drug-likeness (QED) is 0.613. The minimum atomic E-state index is -0.323. The van der Waals surface area contributed by atoms with E-state index in [2.05, 4.69) is 14.9 Å². The molecule has 0 amide bonds. The number of ether oxygens (including phenoxy) is 1. The van der Waals surface area contributed by atoms with Crippen LogP contribution >= 0.6 is 0 Å². The van der Waals surface area contributed by atoms with Gasteiger partial charge in [-0.2, -0.15) is 0 Å². The standard InChI is InChI=1S/C21H21N3O2/c1-26-21(25)20-11-3-2-8-17(20)14-24(15-18-9-4-6-12-22-18)16-19-10-5-7-13-23-19/h2-13H,14-16H2,1H3. The van der Waals surface area contributed by atoms with Crippen molar-refractivity contribution in [3.05, 3.63) is 95.6 Å². The van der Waals surface area contributed by atoms with Crippen LogP contribution in [-0.4, -0.2) is 27.9 Å². The minimum Gasteiger partial charge on any atom is -0.465 e. The summed E-state index contributed by atoms with van der Waals surface area (Å²) in [6, 6.07) is 19.3. The van der Waals surface area contributed by atoms with Crippen molar-refractivity contribution in [2.75, 3.05) is 7.11 Å². The molecule has 2 aromatic heterocycles. The molecule has 0 aliphatic heterocycles. The van der Waals surface area contributed by atoms with E-state index in [0.29, 0.717) is 25.2 Å². The molecular formula is C21H21N3O2. The highest BCUT2D eigenvalue weighted by atomic mass is 16.5. The van der Waals surface area contributed by atoms with Gasteiger partial charge in [-0.15, -0.1) is 0 Å². The topological polar surface area (TPSA) is 55.3 Å². The number of aromatic nitrogens is 2. The molecular weight excluding hydrogens is 326 g/mol. The van der Waals surface area contributed by atoms with Gasteiger partial charge in [-0.1, -0.05) is 30.3 Å². The van der Waals surface area contributed by atoms with E-state index in [4.69, 9.17) is 4.74 Å². The molecule has 0 bridgehead atoms. The lowest BCUT2D eigenvalue weighted by Gasteiger charge is -2.22. The van der Waals surface area contributed by atoms with Gasteiger partial charge < -0.3 is 4.74 Å². The summed E-state index contributed by atoms with van der Waals surface area (Å²) in [4.78, 5) is 23.1. The zero-order valence-corrected chi connectivity index (χ0v) is 14.7. The van der Waals surface area contributed by atoms with E-state index in [9.17, 15) is 4.79 Å². The molecule has 0 fully saturated rings. The summed E-state index contributed by atoms with van der Waals surface area (Å²) in [7, 11) is 1.40. The number of carbonyl (C=O) groups is 1. The number of benzene rings is 1. The second-order valence-corrected chi connectivity index (χ2v) is 5.94. The van der Waals surface area contributed by atoms with Gasteiger partial charge in [-0.25, -0.2) is 4.79 Å². The van der Waals surface area contributed by atoms with Crippen LogP contribution in [0.4, 0.5) is 0 Å². The lowest BCUT2D eigenvalue weighted by atomic mass is 10.1. The minimum absolute atomic E-state index is 0.323. The summed E-state index contributed by atoms with van der Waals surface area (Å²) in [5.41, 5.74) is 3.45. The van der Waals surface area contributed by atoms with Gasteiger partial charge in [-0.3, -0.25) is 14.9 Å². The van der Waals surface area contributed by atoms with E-state index < -0.39 is 0 Å². The first-order valence-electron chi connectivity index (χ1n) is 8.44. The maximum atomic E-state index is 12.1. The molecule has 1 aromatic carbocycles. The number of esters is 1. The highest BCUT2D eigenvalue weighted by Crippen LogP contribution is 2.16. The third kappa shape index (κ3) is 4.74. The Balaban J connectivity index is 1.85. The molecule has 3 rings (SSSR count). The highest BCUT2D eigenvalue weighted by molar-refractivity contribution is 5.90. The van der Waals surface area contributed by atoms with Gasteiger partial charge >= 0.3 is 5.97 Å². The molecule has 2 heterocycles. The molecule has 3 aromatic rings. The molecule has 0 spiro atoms. The normalized spacial score (nSPS) is 10.7. The average Bonchev–Trinajstić information content (AvgIpc) is 2.69. The van der Waals surface area contributed by atoms with Crippen LogP contribution in [0.5, 0.6) is 0 Å². The Hall–Kier alpha value is -3.05. The smallest absolute Gasteiger partial charge is 0.338 e. The van der Waals surface area contributed by atoms with Crippen molar-refractivity contribution in [2.45, 2.75) is 19.6 Å². The summed E-state index contributed by atoms with van der Waals surface area (Å²) >= 11 is 0. The van der Waals surface area contributed by atoms with Crippen molar-refractivity contribution >= 4 is 5.97 Å². The Morgan fingerprint density at radius 3 is 1.96 bits per heavy atom. The fourth-order valence-electron chi connectivity index (χ4n) is 2.82. The molecule has 0 aliphatic carbocycles. The summed E-state index contributed by atoms with van der Waals surface area (Å²) in [6.45, 7) is 1.91. The SMILES string of the molecule is COC(=O)c1ccccc1CN(Cc1ccccn1)Cc1ccccn1. The number of nitrogens with zero attached hydrogens (tertiary/aromatic N) is 3. The van der Waals surface area contributed by atoms with Gasteiger partial charge in [-0.05, 0) is 35.9 Å². The number of methoxy groups -OCH3 is 1. The van der Waals surface area contributed by atoms with Crippen LogP contribution in [0, 0.1) is 0 Å². The third-order valence-corrected chi connectivity index (χ3v) is 4.04. The molecule has 5 nitrogen and oxygen atoms in total. The first kappa shape index (κ1) is 17.8. The van der Waals surface area contributed by atoms with Crippen LogP contribution in [0.2, 0.25) is 0 Å². The number of rotatable bonds is 7. The van der Waals surface area contributed by atoms with Crippen molar-refractivity contribution in [1.29, 1.82) is 0 Å². The zero-order valence-electron chi connectivity index (χ0n) is 14.7. The van der Waals surface area contributed by atoms with Gasteiger partial charge in [0.05, 0.1) is 24.1 Å². The van der Waals surface area contributed by atoms with E-state index >= 15 is 0 Å². The Labute approximate surface area is 153 Å². The van der Waals surface area contributed by atoms with Crippen LogP contribution in [0.15, 0.2) is 73.1 Å². The van der Waals surface area contributed by atoms with Crippen molar-refractivity contribution < 1.29 is 9.53 Å². The van der Waals surface area contributed by atoms with Crippen molar-refractivity contribution in [3.63, 3.8) is 0 Å². The molecule has 26 heavy (non-hydrogen) atoms. The van der Waals surface area contributed by atoms with Crippen LogP contribution in [0.25, 0.3) is 0 Å². The van der Waals surface area contributed by atoms with Gasteiger partial charge in [0.25, 0.3) is 0 Å². The van der Waals surface area contributed by atoms with E-state index in [-0.39, 0.29) is 5.97 Å². The number of hydrogen-bond donors (Lipinski definition) is 0. The molecule has 0 unspecified atom stereocenters. The first-order valence-corrected chi connectivity index (χ1v) is 8.44. The average molecular weight is 347 g/mol. The van der Waals surface area contributed by atoms with Gasteiger partial charge in [0.15, 0.2) is 0 Å². The molecule has 5 heteroatoms. The van der Waals surface area contributed by atoms with Crippen molar-refractivity contribution in [2.24, 2.45) is 0 Å². The largest absolute Gasteiger partial charge is 0.465 e. The molecule has 0 radical (unpaired) electrons. The highest BCUT2D eigenvalue weighted by Gasteiger charge is 2.15. The molecule has 0 aliphatic rings. The van der Waals surface area contributed by atoms with Crippen molar-refractivity contribution in [3.8, 4) is 0 Å². The summed E-state index contributed by atoms with van der Waals surface area (Å²) in [5.74, 6) is -0.323. The molecule has 0 saturated carbocycles. The number of pyridine rings is 2. The fraction of sp³-hybridized carbons (Fsp3) is 0.190. The van der Waals surface area contributed by atoms with Crippen LogP contribution in [0.1, 0.15) is 27.3 Å². The Morgan fingerprint density at radius 1 is 0.846 bits per heavy atom. The maximum absolute atomic E-state index is 12.1. The van der Waals surface area contributed by atoms with Gasteiger partial charge in [0, 0.05) is 32.0 Å². The maximum Gasteiger partial charge on any atom is 0.338 e. The molecule has 0 atom stereocenters. The summed E-state index contributed by atoms with van der Waals surface area (Å²) < 4.78 is 4.91. The Kier molecular flexibility index (Phi) is 6.06. The van der Waals surface area contributed by atoms with E-state index in [1.807, 2.05) is 54.6 Å². The molecule has 132 valence electrons. The number of carbonyl (C=O) groups excluding carboxylic acids is 1. The fourth-order valence-corrected chi connectivity index (χ4v) is 2.82. The summed E-state index contributed by atoms with van der Waals surface area (Å²) in [5, 5.41) is 0. The lowest BCUT2D eigenvalue weighted by molar-refractivity contribution is 0.0598. The predicted molar refractivity (Wildman–Crippen MR) is 99.2 cm³/mol. The van der Waals surface area contributed by atoms with E-state index in [1.165, 1.54) is 7.11 Å². The lowest BCUT2D eigenvalue weighted by Crippen LogP contribution is -2.24. The predicted octanol–water partition coefficient (Wildman–Crippen LogP) is 3.47. The Morgan fingerprint density at radius 2 is 1.42 bits per heavy atom. The number of hydrogen-bond acceptors (Lipinski definition) is 5. The molecule has 0 saturated heterocycles. The van der Waals surface area contributed by atoms with E-state index in [1.54, 1.807) is 18.5 Å². The Bertz CT molecular complexity index is 797. The summed E-state index contributed by atoms with van der Waals surface area (Å²) in [6.07, 6.45) is 3.58. The monoisotopic (exact) mass is 347 g/mol.